The third kappa shape index (κ3) is 6.45. The first-order chi connectivity index (χ1) is 15.0. The number of nitrogens with zero attached hydrogens (tertiary/aromatic N) is 2. The summed E-state index contributed by atoms with van der Waals surface area (Å²) in [7, 11) is 0. The van der Waals surface area contributed by atoms with E-state index in [0.29, 0.717) is 24.8 Å². The molecule has 1 heterocycles. The van der Waals surface area contributed by atoms with E-state index < -0.39 is 6.10 Å². The van der Waals surface area contributed by atoms with Crippen LogP contribution in [0, 0.1) is 5.92 Å². The van der Waals surface area contributed by atoms with Crippen LogP contribution in [0.4, 0.5) is 0 Å². The maximum atomic E-state index is 12.7. The lowest BCUT2D eigenvalue weighted by molar-refractivity contribution is -0.137. The average molecular weight is 430 g/mol. The van der Waals surface area contributed by atoms with Gasteiger partial charge in [0.2, 0.25) is 5.91 Å². The Bertz CT molecular complexity index is 722. The number of hydrogen-bond donors (Lipinski definition) is 1. The van der Waals surface area contributed by atoms with Gasteiger partial charge in [0.15, 0.2) is 6.10 Å². The number of amides is 2. The van der Waals surface area contributed by atoms with Crippen molar-refractivity contribution in [2.45, 2.75) is 64.9 Å². The molecule has 0 spiro atoms. The molecule has 1 aliphatic carbocycles. The predicted molar refractivity (Wildman–Crippen MR) is 123 cm³/mol. The zero-order valence-electron chi connectivity index (χ0n) is 19.4. The second kappa shape index (κ2) is 11.5. The van der Waals surface area contributed by atoms with E-state index in [-0.39, 0.29) is 11.8 Å². The summed E-state index contributed by atoms with van der Waals surface area (Å²) >= 11 is 0. The van der Waals surface area contributed by atoms with Gasteiger partial charge in [0.1, 0.15) is 5.75 Å². The largest absolute Gasteiger partial charge is 0.480 e. The smallest absolute Gasteiger partial charge is 0.261 e. The molecule has 1 saturated heterocycles. The van der Waals surface area contributed by atoms with E-state index in [1.807, 2.05) is 30.0 Å². The van der Waals surface area contributed by atoms with Crippen LogP contribution in [0.3, 0.4) is 0 Å². The Morgan fingerprint density at radius 1 is 1.10 bits per heavy atom. The molecule has 0 aromatic heterocycles. The van der Waals surface area contributed by atoms with Crippen LogP contribution in [0.15, 0.2) is 24.3 Å². The van der Waals surface area contributed by atoms with Crippen molar-refractivity contribution in [1.29, 1.82) is 0 Å². The zero-order chi connectivity index (χ0) is 22.2. The van der Waals surface area contributed by atoms with E-state index in [2.05, 4.69) is 30.1 Å². The topological polar surface area (TPSA) is 61.9 Å². The van der Waals surface area contributed by atoms with Gasteiger partial charge in [-0.15, -0.1) is 0 Å². The minimum atomic E-state index is -0.485. The van der Waals surface area contributed by atoms with Gasteiger partial charge in [-0.25, -0.2) is 0 Å². The minimum Gasteiger partial charge on any atom is -0.480 e. The maximum absolute atomic E-state index is 12.7. The summed E-state index contributed by atoms with van der Waals surface area (Å²) in [6, 6.07) is 7.95. The van der Waals surface area contributed by atoms with Crippen molar-refractivity contribution in [3.8, 4) is 5.75 Å². The van der Waals surface area contributed by atoms with Gasteiger partial charge >= 0.3 is 0 Å². The number of nitrogens with one attached hydrogen (secondary N) is 1. The van der Waals surface area contributed by atoms with E-state index in [4.69, 9.17) is 4.74 Å². The Balaban J connectivity index is 1.40. The molecule has 172 valence electrons. The van der Waals surface area contributed by atoms with Gasteiger partial charge in [-0.05, 0) is 36.8 Å². The first-order valence-corrected chi connectivity index (χ1v) is 12.0. The lowest BCUT2D eigenvalue weighted by Crippen LogP contribution is -2.51. The quantitative estimate of drug-likeness (QED) is 0.653. The molecule has 1 saturated carbocycles. The average Bonchev–Trinajstić information content (AvgIpc) is 3.32. The molecule has 1 unspecified atom stereocenters. The number of rotatable bonds is 9. The van der Waals surface area contributed by atoms with Gasteiger partial charge < -0.3 is 15.0 Å². The summed E-state index contributed by atoms with van der Waals surface area (Å²) in [6.07, 6.45) is 4.66. The fourth-order valence-electron chi connectivity index (χ4n) is 4.61. The van der Waals surface area contributed by atoms with Crippen LogP contribution in [0.1, 0.15) is 64.4 Å². The highest BCUT2D eigenvalue weighted by molar-refractivity contribution is 5.81. The van der Waals surface area contributed by atoms with Crippen LogP contribution < -0.4 is 10.1 Å². The van der Waals surface area contributed by atoms with Crippen LogP contribution in [0.2, 0.25) is 0 Å². The maximum Gasteiger partial charge on any atom is 0.261 e. The number of benzene rings is 1. The molecular formula is C25H39N3O3. The molecule has 2 aliphatic rings. The van der Waals surface area contributed by atoms with Crippen LogP contribution in [-0.2, 0) is 9.59 Å². The number of para-hydroxylation sites is 1. The molecule has 6 nitrogen and oxygen atoms in total. The second-order valence-electron chi connectivity index (χ2n) is 9.15. The van der Waals surface area contributed by atoms with Crippen molar-refractivity contribution >= 4 is 11.8 Å². The summed E-state index contributed by atoms with van der Waals surface area (Å²) in [6.45, 7) is 11.0. The fourth-order valence-corrected chi connectivity index (χ4v) is 4.61. The predicted octanol–water partition coefficient (Wildman–Crippen LogP) is 3.42. The summed E-state index contributed by atoms with van der Waals surface area (Å²) in [5.41, 5.74) is 1.12. The molecule has 2 fully saturated rings. The first-order valence-electron chi connectivity index (χ1n) is 12.0. The lowest BCUT2D eigenvalue weighted by atomic mass is 10.0. The Hall–Kier alpha value is -2.08. The molecule has 0 radical (unpaired) electrons. The molecule has 1 N–H and O–H groups in total. The Morgan fingerprint density at radius 3 is 2.42 bits per heavy atom. The van der Waals surface area contributed by atoms with Crippen LogP contribution in [0.25, 0.3) is 0 Å². The number of carbonyl (C=O) groups is 2. The van der Waals surface area contributed by atoms with Gasteiger partial charge in [-0.2, -0.15) is 0 Å². The Labute approximate surface area is 187 Å². The number of carbonyl (C=O) groups excluding carboxylic acids is 2. The third-order valence-corrected chi connectivity index (χ3v) is 6.59. The van der Waals surface area contributed by atoms with E-state index in [1.165, 1.54) is 12.8 Å². The summed E-state index contributed by atoms with van der Waals surface area (Å²) in [5, 5.41) is 3.04. The molecule has 3 rings (SSSR count). The van der Waals surface area contributed by atoms with Crippen molar-refractivity contribution in [2.75, 3.05) is 39.3 Å². The summed E-state index contributed by atoms with van der Waals surface area (Å²) in [4.78, 5) is 29.6. The monoisotopic (exact) mass is 429 g/mol. The van der Waals surface area contributed by atoms with E-state index in [1.54, 1.807) is 0 Å². The Kier molecular flexibility index (Phi) is 8.76. The number of hydrogen-bond acceptors (Lipinski definition) is 4. The minimum absolute atomic E-state index is 0.0592. The number of ether oxygens (including phenoxy) is 1. The lowest BCUT2D eigenvalue weighted by Gasteiger charge is -2.36. The van der Waals surface area contributed by atoms with Crippen LogP contribution in [0.5, 0.6) is 5.75 Å². The molecule has 2 amide bonds. The fraction of sp³-hybridized carbons (Fsp3) is 0.680. The molecule has 6 heteroatoms. The SMILES string of the molecule is CCC(Oc1ccccc1C(C)C)C(=O)NCCN1CCN(C(=O)C2CCCC2)CC1. The van der Waals surface area contributed by atoms with Crippen molar-refractivity contribution in [3.05, 3.63) is 29.8 Å². The summed E-state index contributed by atoms with van der Waals surface area (Å²) in [5.74, 6) is 1.70. The van der Waals surface area contributed by atoms with Gasteiger partial charge in [0.05, 0.1) is 0 Å². The van der Waals surface area contributed by atoms with Gasteiger partial charge in [-0.1, -0.05) is 51.8 Å². The van der Waals surface area contributed by atoms with Crippen molar-refractivity contribution in [1.82, 2.24) is 15.1 Å². The van der Waals surface area contributed by atoms with E-state index in [9.17, 15) is 9.59 Å². The van der Waals surface area contributed by atoms with Crippen molar-refractivity contribution < 1.29 is 14.3 Å². The van der Waals surface area contributed by atoms with Crippen LogP contribution in [-0.4, -0.2) is 67.0 Å². The first kappa shape index (κ1) is 23.6. The number of piperazine rings is 1. The molecule has 1 atom stereocenters. The summed E-state index contributed by atoms with van der Waals surface area (Å²) < 4.78 is 6.08. The third-order valence-electron chi connectivity index (χ3n) is 6.59. The van der Waals surface area contributed by atoms with Crippen molar-refractivity contribution in [3.63, 3.8) is 0 Å². The highest BCUT2D eigenvalue weighted by Gasteiger charge is 2.29. The molecule has 31 heavy (non-hydrogen) atoms. The van der Waals surface area contributed by atoms with Gasteiger partial charge in [0, 0.05) is 45.2 Å². The van der Waals surface area contributed by atoms with Crippen LogP contribution >= 0.6 is 0 Å². The standard InChI is InChI=1S/C25H39N3O3/c1-4-22(31-23-12-8-7-11-21(23)19(2)3)24(29)26-13-14-27-15-17-28(18-16-27)25(30)20-9-5-6-10-20/h7-8,11-12,19-20,22H,4-6,9-10,13-18H2,1-3H3,(H,26,29). The zero-order valence-corrected chi connectivity index (χ0v) is 19.4. The molecule has 1 aliphatic heterocycles. The van der Waals surface area contributed by atoms with Gasteiger partial charge in [0.25, 0.3) is 5.91 Å². The van der Waals surface area contributed by atoms with E-state index in [0.717, 1.165) is 56.9 Å². The molecule has 1 aromatic rings. The van der Waals surface area contributed by atoms with Gasteiger partial charge in [-0.3, -0.25) is 14.5 Å². The Morgan fingerprint density at radius 2 is 1.77 bits per heavy atom. The normalized spacial score (nSPS) is 18.9. The molecular weight excluding hydrogens is 390 g/mol. The van der Waals surface area contributed by atoms with Crippen molar-refractivity contribution in [2.24, 2.45) is 5.92 Å². The molecule has 1 aromatic carbocycles. The highest BCUT2D eigenvalue weighted by Crippen LogP contribution is 2.28. The second-order valence-corrected chi connectivity index (χ2v) is 9.15. The molecule has 0 bridgehead atoms. The highest BCUT2D eigenvalue weighted by atomic mass is 16.5. The van der Waals surface area contributed by atoms with E-state index >= 15 is 0 Å².